The number of hydrogen-bond acceptors (Lipinski definition) is 5. The van der Waals surface area contributed by atoms with E-state index >= 15 is 0 Å². The van der Waals surface area contributed by atoms with Crippen LogP contribution in [0, 0.1) is 20.8 Å². The summed E-state index contributed by atoms with van der Waals surface area (Å²) in [6, 6.07) is 9.22. The van der Waals surface area contributed by atoms with Gasteiger partial charge in [0, 0.05) is 10.9 Å². The second-order valence-corrected chi connectivity index (χ2v) is 9.35. The Balaban J connectivity index is 1.56. The van der Waals surface area contributed by atoms with Gasteiger partial charge in [0.2, 0.25) is 11.8 Å². The normalized spacial score (nSPS) is 11.0. The minimum Gasteiger partial charge on any atom is -0.322 e. The van der Waals surface area contributed by atoms with Gasteiger partial charge in [-0.05, 0) is 51.1 Å². The highest BCUT2D eigenvalue weighted by Gasteiger charge is 2.16. The molecule has 1 aromatic heterocycles. The van der Waals surface area contributed by atoms with Crippen LogP contribution in [0.1, 0.15) is 16.7 Å². The van der Waals surface area contributed by atoms with E-state index in [2.05, 4.69) is 48.5 Å². The SMILES string of the molecule is Cc1cc(C)c(-c2csc(NC(=O)CN(C)CC(=O)Nc3c(Cl)cccc3Cl)n2)c(C)c1. The molecule has 0 bridgehead atoms. The smallest absolute Gasteiger partial charge is 0.240 e. The predicted octanol–water partition coefficient (Wildman–Crippen LogP) is 5.55. The van der Waals surface area contributed by atoms with E-state index in [1.165, 1.54) is 16.9 Å². The Morgan fingerprint density at radius 2 is 1.56 bits per heavy atom. The molecule has 2 aromatic carbocycles. The van der Waals surface area contributed by atoms with Gasteiger partial charge in [-0.25, -0.2) is 4.98 Å². The number of para-hydroxylation sites is 1. The largest absolute Gasteiger partial charge is 0.322 e. The summed E-state index contributed by atoms with van der Waals surface area (Å²) in [4.78, 5) is 30.9. The molecule has 9 heteroatoms. The van der Waals surface area contributed by atoms with Gasteiger partial charge in [-0.3, -0.25) is 14.5 Å². The highest BCUT2D eigenvalue weighted by molar-refractivity contribution is 7.14. The molecular formula is C23H24Cl2N4O2S. The van der Waals surface area contributed by atoms with Gasteiger partial charge in [0.15, 0.2) is 5.13 Å². The first-order valence-electron chi connectivity index (χ1n) is 9.90. The van der Waals surface area contributed by atoms with Crippen LogP contribution in [0.5, 0.6) is 0 Å². The van der Waals surface area contributed by atoms with Crippen LogP contribution >= 0.6 is 34.5 Å². The Bertz CT molecular complexity index is 1120. The first-order valence-corrected chi connectivity index (χ1v) is 11.5. The number of aryl methyl sites for hydroxylation is 3. The number of nitrogens with zero attached hydrogens (tertiary/aromatic N) is 2. The van der Waals surface area contributed by atoms with Crippen molar-refractivity contribution in [3.8, 4) is 11.3 Å². The molecule has 0 aliphatic rings. The maximum absolute atomic E-state index is 12.4. The molecule has 0 spiro atoms. The molecule has 3 rings (SSSR count). The van der Waals surface area contributed by atoms with Crippen LogP contribution in [0.3, 0.4) is 0 Å². The first kappa shape index (κ1) is 24.2. The van der Waals surface area contributed by atoms with Crippen molar-refractivity contribution >= 4 is 57.2 Å². The van der Waals surface area contributed by atoms with Crippen molar-refractivity contribution in [1.82, 2.24) is 9.88 Å². The predicted molar refractivity (Wildman–Crippen MR) is 133 cm³/mol. The van der Waals surface area contributed by atoms with Crippen molar-refractivity contribution in [2.75, 3.05) is 30.8 Å². The molecule has 0 saturated heterocycles. The summed E-state index contributed by atoms with van der Waals surface area (Å²) in [6.45, 7) is 6.21. The second kappa shape index (κ2) is 10.4. The van der Waals surface area contributed by atoms with E-state index < -0.39 is 0 Å². The third-order valence-electron chi connectivity index (χ3n) is 4.74. The molecule has 0 aliphatic heterocycles. The van der Waals surface area contributed by atoms with Gasteiger partial charge in [-0.15, -0.1) is 11.3 Å². The highest BCUT2D eigenvalue weighted by Crippen LogP contribution is 2.31. The molecule has 168 valence electrons. The molecule has 0 aliphatic carbocycles. The zero-order valence-electron chi connectivity index (χ0n) is 18.3. The van der Waals surface area contributed by atoms with Crippen molar-refractivity contribution in [3.63, 3.8) is 0 Å². The lowest BCUT2D eigenvalue weighted by Gasteiger charge is -2.16. The fraction of sp³-hybridized carbons (Fsp3) is 0.261. The zero-order valence-corrected chi connectivity index (χ0v) is 20.6. The van der Waals surface area contributed by atoms with Crippen LogP contribution in [0.25, 0.3) is 11.3 Å². The van der Waals surface area contributed by atoms with Crippen molar-refractivity contribution in [3.05, 3.63) is 62.4 Å². The molecule has 3 aromatic rings. The number of benzene rings is 2. The van der Waals surface area contributed by atoms with Crippen LogP contribution in [0.15, 0.2) is 35.7 Å². The number of thiazole rings is 1. The molecular weight excluding hydrogens is 467 g/mol. The quantitative estimate of drug-likeness (QED) is 0.455. The van der Waals surface area contributed by atoms with Gasteiger partial charge in [0.05, 0.1) is 34.5 Å². The van der Waals surface area contributed by atoms with Gasteiger partial charge in [-0.1, -0.05) is 47.0 Å². The number of aromatic nitrogens is 1. The van der Waals surface area contributed by atoms with E-state index in [9.17, 15) is 9.59 Å². The zero-order chi connectivity index (χ0) is 23.4. The molecule has 0 atom stereocenters. The lowest BCUT2D eigenvalue weighted by Crippen LogP contribution is -2.36. The molecule has 0 radical (unpaired) electrons. The maximum Gasteiger partial charge on any atom is 0.240 e. The first-order chi connectivity index (χ1) is 15.1. The van der Waals surface area contributed by atoms with Gasteiger partial charge in [0.1, 0.15) is 0 Å². The number of amides is 2. The highest BCUT2D eigenvalue weighted by atomic mass is 35.5. The van der Waals surface area contributed by atoms with E-state index in [1.807, 2.05) is 5.38 Å². The summed E-state index contributed by atoms with van der Waals surface area (Å²) in [5, 5.41) is 8.65. The second-order valence-electron chi connectivity index (χ2n) is 7.68. The molecule has 1 heterocycles. The standard InChI is InChI=1S/C23H24Cl2N4O2S/c1-13-8-14(2)21(15(3)9-13)18-12-32-23(26-18)28-20(31)11-29(4)10-19(30)27-22-16(24)6-5-7-17(22)25/h5-9,12H,10-11H2,1-4H3,(H,27,30)(H,26,28,31). The number of hydrogen-bond donors (Lipinski definition) is 2. The van der Waals surface area contributed by atoms with Gasteiger partial charge in [-0.2, -0.15) is 0 Å². The molecule has 2 N–H and O–H groups in total. The van der Waals surface area contributed by atoms with Crippen LogP contribution in [-0.4, -0.2) is 41.8 Å². The summed E-state index contributed by atoms with van der Waals surface area (Å²) < 4.78 is 0. The lowest BCUT2D eigenvalue weighted by atomic mass is 9.98. The number of anilines is 2. The molecule has 32 heavy (non-hydrogen) atoms. The fourth-order valence-electron chi connectivity index (χ4n) is 3.53. The number of carbonyl (C=O) groups is 2. The van der Waals surface area contributed by atoms with Crippen LogP contribution < -0.4 is 10.6 Å². The third kappa shape index (κ3) is 6.07. The molecule has 6 nitrogen and oxygen atoms in total. The summed E-state index contributed by atoms with van der Waals surface area (Å²) >= 11 is 13.5. The minimum absolute atomic E-state index is 0.000152. The third-order valence-corrected chi connectivity index (χ3v) is 6.13. The van der Waals surface area contributed by atoms with Gasteiger partial charge in [0.25, 0.3) is 0 Å². The van der Waals surface area contributed by atoms with Crippen molar-refractivity contribution in [2.45, 2.75) is 20.8 Å². The van der Waals surface area contributed by atoms with Crippen LogP contribution in [-0.2, 0) is 9.59 Å². The van der Waals surface area contributed by atoms with Crippen molar-refractivity contribution in [1.29, 1.82) is 0 Å². The molecule has 0 unspecified atom stereocenters. The Kier molecular flexibility index (Phi) is 7.90. The van der Waals surface area contributed by atoms with Crippen LogP contribution in [0.2, 0.25) is 10.0 Å². The fourth-order valence-corrected chi connectivity index (χ4v) is 4.74. The monoisotopic (exact) mass is 490 g/mol. The Hall–Kier alpha value is -2.45. The van der Waals surface area contributed by atoms with E-state index in [0.717, 1.165) is 22.4 Å². The van der Waals surface area contributed by atoms with Crippen LogP contribution in [0.4, 0.5) is 10.8 Å². The average Bonchev–Trinajstić information content (AvgIpc) is 3.11. The Morgan fingerprint density at radius 1 is 1.00 bits per heavy atom. The number of nitrogens with one attached hydrogen (secondary N) is 2. The van der Waals surface area contributed by atoms with E-state index in [4.69, 9.17) is 23.2 Å². The number of carbonyl (C=O) groups excluding carboxylic acids is 2. The average molecular weight is 491 g/mol. The van der Waals surface area contributed by atoms with Crippen molar-refractivity contribution in [2.24, 2.45) is 0 Å². The number of halogens is 2. The van der Waals surface area contributed by atoms with E-state index in [-0.39, 0.29) is 24.9 Å². The van der Waals surface area contributed by atoms with Gasteiger partial charge < -0.3 is 10.6 Å². The maximum atomic E-state index is 12.4. The lowest BCUT2D eigenvalue weighted by molar-refractivity contribution is -0.119. The van der Waals surface area contributed by atoms with E-state index in [0.29, 0.717) is 20.9 Å². The topological polar surface area (TPSA) is 74.3 Å². The Labute approximate surface area is 201 Å². The summed E-state index contributed by atoms with van der Waals surface area (Å²) in [5.41, 5.74) is 5.78. The van der Waals surface area contributed by atoms with E-state index in [1.54, 1.807) is 30.1 Å². The summed E-state index contributed by atoms with van der Waals surface area (Å²) in [6.07, 6.45) is 0. The summed E-state index contributed by atoms with van der Waals surface area (Å²) in [7, 11) is 1.68. The molecule has 0 saturated carbocycles. The molecule has 0 fully saturated rings. The van der Waals surface area contributed by atoms with Gasteiger partial charge >= 0.3 is 0 Å². The summed E-state index contributed by atoms with van der Waals surface area (Å²) in [5.74, 6) is -0.577. The molecule has 2 amide bonds. The number of rotatable bonds is 7. The number of likely N-dealkylation sites (N-methyl/N-ethyl adjacent to an activating group) is 1. The van der Waals surface area contributed by atoms with Crippen molar-refractivity contribution < 1.29 is 9.59 Å². The Morgan fingerprint density at radius 3 is 2.16 bits per heavy atom. The minimum atomic E-state index is -0.322.